The highest BCUT2D eigenvalue weighted by Gasteiger charge is 2.16. The number of anilines is 1. The average molecular weight is 280 g/mol. The predicted molar refractivity (Wildman–Crippen MR) is 82.0 cm³/mol. The molecule has 5 heteroatoms. The summed E-state index contributed by atoms with van der Waals surface area (Å²) in [7, 11) is 3.91. The third-order valence-electron chi connectivity index (χ3n) is 3.47. The standard InChI is InChI=1S/C14H21N3OS/c1-16-8-3-9-17(11-10-16)14(19)15-12-4-6-13(18-2)7-5-12/h4-7H,3,8-11H2,1-2H3,(H,15,19)/p+1. The molecule has 0 bridgehead atoms. The van der Waals surface area contributed by atoms with Gasteiger partial charge in [-0.1, -0.05) is 0 Å². The van der Waals surface area contributed by atoms with Crippen molar-refractivity contribution in [1.82, 2.24) is 4.90 Å². The molecule has 19 heavy (non-hydrogen) atoms. The molecule has 1 heterocycles. The fourth-order valence-electron chi connectivity index (χ4n) is 2.21. The van der Waals surface area contributed by atoms with Crippen molar-refractivity contribution in [1.29, 1.82) is 0 Å². The molecule has 2 rings (SSSR count). The van der Waals surface area contributed by atoms with Crippen molar-refractivity contribution in [3.8, 4) is 5.75 Å². The molecule has 1 fully saturated rings. The van der Waals surface area contributed by atoms with Gasteiger partial charge in [0.2, 0.25) is 0 Å². The van der Waals surface area contributed by atoms with Crippen LogP contribution in [-0.2, 0) is 0 Å². The van der Waals surface area contributed by atoms with Crippen LogP contribution in [-0.4, -0.2) is 50.3 Å². The molecule has 1 saturated heterocycles. The van der Waals surface area contributed by atoms with Gasteiger partial charge in [-0.2, -0.15) is 0 Å². The Labute approximate surface area is 120 Å². The van der Waals surface area contributed by atoms with Gasteiger partial charge in [0.25, 0.3) is 0 Å². The first kappa shape index (κ1) is 14.1. The molecule has 1 unspecified atom stereocenters. The van der Waals surface area contributed by atoms with Gasteiger partial charge in [0.15, 0.2) is 5.11 Å². The van der Waals surface area contributed by atoms with Gasteiger partial charge in [-0.3, -0.25) is 0 Å². The summed E-state index contributed by atoms with van der Waals surface area (Å²) >= 11 is 5.49. The Morgan fingerprint density at radius 3 is 2.68 bits per heavy atom. The minimum Gasteiger partial charge on any atom is -0.497 e. The number of methoxy groups -OCH3 is 1. The van der Waals surface area contributed by atoms with Gasteiger partial charge in [-0.25, -0.2) is 0 Å². The van der Waals surface area contributed by atoms with Gasteiger partial charge in [0.05, 0.1) is 33.8 Å². The number of thiocarbonyl (C=S) groups is 1. The molecule has 0 aromatic heterocycles. The van der Waals surface area contributed by atoms with E-state index in [-0.39, 0.29) is 0 Å². The van der Waals surface area contributed by atoms with Crippen LogP contribution < -0.4 is 15.0 Å². The van der Waals surface area contributed by atoms with Crippen molar-refractivity contribution in [2.75, 3.05) is 45.7 Å². The Kier molecular flexibility index (Phi) is 4.99. The van der Waals surface area contributed by atoms with Crippen LogP contribution in [0.2, 0.25) is 0 Å². The highest BCUT2D eigenvalue weighted by atomic mass is 32.1. The van der Waals surface area contributed by atoms with E-state index in [9.17, 15) is 0 Å². The summed E-state index contributed by atoms with van der Waals surface area (Å²) in [6.45, 7) is 4.43. The van der Waals surface area contributed by atoms with Crippen LogP contribution in [0.3, 0.4) is 0 Å². The molecule has 1 aromatic rings. The average Bonchev–Trinajstić information content (AvgIpc) is 2.64. The summed E-state index contributed by atoms with van der Waals surface area (Å²) in [6, 6.07) is 7.84. The zero-order chi connectivity index (χ0) is 13.7. The lowest BCUT2D eigenvalue weighted by molar-refractivity contribution is -0.877. The van der Waals surface area contributed by atoms with E-state index in [0.29, 0.717) is 0 Å². The third-order valence-corrected chi connectivity index (χ3v) is 3.83. The molecule has 0 amide bonds. The molecule has 0 radical (unpaired) electrons. The number of benzene rings is 1. The quantitative estimate of drug-likeness (QED) is 0.777. The molecule has 4 nitrogen and oxygen atoms in total. The number of rotatable bonds is 2. The molecule has 0 aliphatic carbocycles. The normalized spacial score (nSPS) is 19.7. The maximum atomic E-state index is 5.49. The van der Waals surface area contributed by atoms with Gasteiger partial charge in [-0.15, -0.1) is 0 Å². The third kappa shape index (κ3) is 4.08. The molecule has 2 N–H and O–H groups in total. The largest absolute Gasteiger partial charge is 0.497 e. The van der Waals surface area contributed by atoms with Gasteiger partial charge in [-0.05, 0) is 36.5 Å². The second-order valence-electron chi connectivity index (χ2n) is 4.96. The Morgan fingerprint density at radius 2 is 2.00 bits per heavy atom. The minimum absolute atomic E-state index is 0.819. The summed E-state index contributed by atoms with van der Waals surface area (Å²) in [5, 5.41) is 4.12. The highest BCUT2D eigenvalue weighted by Crippen LogP contribution is 2.15. The Bertz CT molecular complexity index is 421. The summed E-state index contributed by atoms with van der Waals surface area (Å²) in [4.78, 5) is 3.84. The van der Waals surface area contributed by atoms with Gasteiger partial charge >= 0.3 is 0 Å². The zero-order valence-corrected chi connectivity index (χ0v) is 12.4. The first-order valence-corrected chi connectivity index (χ1v) is 7.11. The van der Waals surface area contributed by atoms with Crippen LogP contribution in [0.15, 0.2) is 24.3 Å². The topological polar surface area (TPSA) is 28.9 Å². The van der Waals surface area contributed by atoms with E-state index in [1.807, 2.05) is 24.3 Å². The number of quaternary nitrogens is 1. The number of hydrogen-bond acceptors (Lipinski definition) is 2. The maximum Gasteiger partial charge on any atom is 0.173 e. The number of nitrogens with one attached hydrogen (secondary N) is 2. The van der Waals surface area contributed by atoms with Crippen molar-refractivity contribution in [2.45, 2.75) is 6.42 Å². The first-order valence-electron chi connectivity index (χ1n) is 6.70. The Morgan fingerprint density at radius 1 is 1.26 bits per heavy atom. The van der Waals surface area contributed by atoms with Crippen LogP contribution in [0.1, 0.15) is 6.42 Å². The Balaban J connectivity index is 1.92. The first-order chi connectivity index (χ1) is 9.19. The van der Waals surface area contributed by atoms with Crippen LogP contribution >= 0.6 is 12.2 Å². The summed E-state index contributed by atoms with van der Waals surface area (Å²) in [6.07, 6.45) is 1.19. The second-order valence-corrected chi connectivity index (χ2v) is 5.34. The van der Waals surface area contributed by atoms with Crippen molar-refractivity contribution in [3.63, 3.8) is 0 Å². The van der Waals surface area contributed by atoms with E-state index in [2.05, 4.69) is 17.3 Å². The highest BCUT2D eigenvalue weighted by molar-refractivity contribution is 7.80. The van der Waals surface area contributed by atoms with Crippen molar-refractivity contribution in [2.24, 2.45) is 0 Å². The molecule has 0 spiro atoms. The van der Waals surface area contributed by atoms with E-state index in [0.717, 1.165) is 36.2 Å². The van der Waals surface area contributed by atoms with Gasteiger partial charge in [0, 0.05) is 18.7 Å². The molecule has 1 aliphatic heterocycles. The van der Waals surface area contributed by atoms with Gasteiger partial charge in [0.1, 0.15) is 5.75 Å². The lowest BCUT2D eigenvalue weighted by atomic mass is 10.3. The summed E-state index contributed by atoms with van der Waals surface area (Å²) in [5.74, 6) is 0.858. The number of nitrogens with zero attached hydrogens (tertiary/aromatic N) is 1. The molecular formula is C14H22N3OS+. The minimum atomic E-state index is 0.819. The SMILES string of the molecule is COc1ccc(NC(=S)N2CCC[NH+](C)CC2)cc1. The second kappa shape index (κ2) is 6.73. The van der Waals surface area contributed by atoms with E-state index < -0.39 is 0 Å². The maximum absolute atomic E-state index is 5.49. The molecule has 104 valence electrons. The molecule has 1 atom stereocenters. The molecule has 1 aromatic carbocycles. The van der Waals surface area contributed by atoms with Crippen LogP contribution in [0.5, 0.6) is 5.75 Å². The number of hydrogen-bond donors (Lipinski definition) is 2. The van der Waals surface area contributed by atoms with E-state index in [1.54, 1.807) is 12.0 Å². The fourth-order valence-corrected chi connectivity index (χ4v) is 2.51. The molecule has 0 saturated carbocycles. The van der Waals surface area contributed by atoms with E-state index in [1.165, 1.54) is 13.0 Å². The lowest BCUT2D eigenvalue weighted by Gasteiger charge is -2.23. The van der Waals surface area contributed by atoms with Crippen LogP contribution in [0.4, 0.5) is 5.69 Å². The smallest absolute Gasteiger partial charge is 0.173 e. The fraction of sp³-hybridized carbons (Fsp3) is 0.500. The molecule has 1 aliphatic rings. The lowest BCUT2D eigenvalue weighted by Crippen LogP contribution is -3.09. The number of likely N-dealkylation sites (N-methyl/N-ethyl adjacent to an activating group) is 1. The van der Waals surface area contributed by atoms with Crippen LogP contribution in [0, 0.1) is 0 Å². The van der Waals surface area contributed by atoms with Crippen molar-refractivity contribution >= 4 is 23.0 Å². The summed E-state index contributed by atoms with van der Waals surface area (Å²) < 4.78 is 5.15. The van der Waals surface area contributed by atoms with Crippen molar-refractivity contribution < 1.29 is 9.64 Å². The summed E-state index contributed by atoms with van der Waals surface area (Å²) in [5.41, 5.74) is 1.01. The van der Waals surface area contributed by atoms with E-state index in [4.69, 9.17) is 17.0 Å². The monoisotopic (exact) mass is 280 g/mol. The molecular weight excluding hydrogens is 258 g/mol. The number of ether oxygens (including phenoxy) is 1. The Hall–Kier alpha value is -1.33. The van der Waals surface area contributed by atoms with Gasteiger partial charge < -0.3 is 19.9 Å². The zero-order valence-electron chi connectivity index (χ0n) is 11.6. The van der Waals surface area contributed by atoms with E-state index >= 15 is 0 Å². The van der Waals surface area contributed by atoms with Crippen LogP contribution in [0.25, 0.3) is 0 Å². The predicted octanol–water partition coefficient (Wildman–Crippen LogP) is 0.612. The van der Waals surface area contributed by atoms with Crippen molar-refractivity contribution in [3.05, 3.63) is 24.3 Å².